The number of carbonyl (C=O) groups is 1. The van der Waals surface area contributed by atoms with E-state index in [9.17, 15) is 15.0 Å². The number of aliphatic hydroxyl groups excluding tert-OH is 1. The van der Waals surface area contributed by atoms with E-state index in [0.29, 0.717) is 24.1 Å². The summed E-state index contributed by atoms with van der Waals surface area (Å²) in [7, 11) is 0. The summed E-state index contributed by atoms with van der Waals surface area (Å²) < 4.78 is 5.11. The summed E-state index contributed by atoms with van der Waals surface area (Å²) >= 11 is 0. The van der Waals surface area contributed by atoms with E-state index < -0.39 is 23.8 Å². The second-order valence-corrected chi connectivity index (χ2v) is 6.37. The lowest BCUT2D eigenvalue weighted by Crippen LogP contribution is -2.37. The lowest BCUT2D eigenvalue weighted by atomic mass is 9.98. The second-order valence-electron chi connectivity index (χ2n) is 6.37. The maximum atomic E-state index is 11.5. The number of nitrogens with one attached hydrogen (secondary N) is 1. The van der Waals surface area contributed by atoms with Crippen LogP contribution in [0.25, 0.3) is 0 Å². The first kappa shape index (κ1) is 18.3. The number of benzene rings is 1. The fourth-order valence-electron chi connectivity index (χ4n) is 1.92. The molecule has 2 unspecified atom stereocenters. The Balaban J connectivity index is 2.46. The maximum absolute atomic E-state index is 11.5. The van der Waals surface area contributed by atoms with Crippen molar-refractivity contribution in [2.45, 2.75) is 51.9 Å². The zero-order valence-electron chi connectivity index (χ0n) is 13.6. The molecule has 0 saturated carbocycles. The number of aromatic hydroxyl groups is 1. The number of hydrogen-bond donors (Lipinski definition) is 4. The molecule has 0 bridgehead atoms. The molecule has 0 aliphatic rings. The van der Waals surface area contributed by atoms with Crippen LogP contribution in [-0.2, 0) is 4.74 Å². The third-order valence-electron chi connectivity index (χ3n) is 3.11. The molecule has 0 radical (unpaired) electrons. The number of carbonyl (C=O) groups excluding carboxylic acids is 1. The zero-order chi connectivity index (χ0) is 16.9. The number of alkyl carbamates (subject to hydrolysis) is 1. The minimum absolute atomic E-state index is 0.177. The van der Waals surface area contributed by atoms with E-state index in [1.54, 1.807) is 39.8 Å². The average Bonchev–Trinajstić information content (AvgIpc) is 2.38. The van der Waals surface area contributed by atoms with E-state index in [4.69, 9.17) is 10.5 Å². The van der Waals surface area contributed by atoms with Crippen LogP contribution in [0, 0.1) is 6.92 Å². The molecule has 6 heteroatoms. The monoisotopic (exact) mass is 310 g/mol. The second kappa shape index (κ2) is 7.47. The number of aliphatic hydroxyl groups is 1. The molecular weight excluding hydrogens is 284 g/mol. The Morgan fingerprint density at radius 2 is 2.05 bits per heavy atom. The van der Waals surface area contributed by atoms with Gasteiger partial charge in [-0.15, -0.1) is 0 Å². The molecule has 0 fully saturated rings. The summed E-state index contributed by atoms with van der Waals surface area (Å²) in [4.78, 5) is 11.5. The highest BCUT2D eigenvalue weighted by molar-refractivity contribution is 5.67. The standard InChI is InChI=1S/C16H26N2O4/c1-10-9-11(5-6-13(10)19)14(20)12(17)7-8-18-15(21)22-16(2,3)4/h5-6,9,12,14,19-20H,7-8,17H2,1-4H3,(H,18,21). The van der Waals surface area contributed by atoms with Gasteiger partial charge in [0.25, 0.3) is 0 Å². The van der Waals surface area contributed by atoms with Crippen molar-refractivity contribution in [3.8, 4) is 5.75 Å². The van der Waals surface area contributed by atoms with Crippen molar-refractivity contribution in [1.82, 2.24) is 5.32 Å². The SMILES string of the molecule is Cc1cc(C(O)C(N)CCNC(=O)OC(C)(C)C)ccc1O. The fourth-order valence-corrected chi connectivity index (χ4v) is 1.92. The van der Waals surface area contributed by atoms with Gasteiger partial charge in [0.2, 0.25) is 0 Å². The Labute approximate surface area is 131 Å². The topological polar surface area (TPSA) is 105 Å². The van der Waals surface area contributed by atoms with Crippen LogP contribution < -0.4 is 11.1 Å². The summed E-state index contributed by atoms with van der Waals surface area (Å²) in [6.07, 6.45) is -0.963. The van der Waals surface area contributed by atoms with Crippen molar-refractivity contribution in [2.24, 2.45) is 5.73 Å². The van der Waals surface area contributed by atoms with Gasteiger partial charge < -0.3 is 26.0 Å². The molecule has 22 heavy (non-hydrogen) atoms. The molecule has 0 heterocycles. The predicted molar refractivity (Wildman–Crippen MR) is 84.6 cm³/mol. The van der Waals surface area contributed by atoms with Crippen molar-refractivity contribution in [1.29, 1.82) is 0 Å². The fraction of sp³-hybridized carbons (Fsp3) is 0.562. The van der Waals surface area contributed by atoms with Crippen molar-refractivity contribution in [3.63, 3.8) is 0 Å². The van der Waals surface area contributed by atoms with E-state index in [2.05, 4.69) is 5.32 Å². The molecule has 1 aromatic carbocycles. The van der Waals surface area contributed by atoms with Crippen LogP contribution in [0.2, 0.25) is 0 Å². The molecule has 0 spiro atoms. The lowest BCUT2D eigenvalue weighted by Gasteiger charge is -2.22. The van der Waals surface area contributed by atoms with Gasteiger partial charge in [0, 0.05) is 12.6 Å². The van der Waals surface area contributed by atoms with Crippen LogP contribution >= 0.6 is 0 Å². The molecule has 5 N–H and O–H groups in total. The molecule has 0 saturated heterocycles. The van der Waals surface area contributed by atoms with Crippen LogP contribution in [0.5, 0.6) is 5.75 Å². The Morgan fingerprint density at radius 1 is 1.41 bits per heavy atom. The lowest BCUT2D eigenvalue weighted by molar-refractivity contribution is 0.0521. The normalized spacial score (nSPS) is 14.3. The molecule has 2 atom stereocenters. The van der Waals surface area contributed by atoms with E-state index >= 15 is 0 Å². The highest BCUT2D eigenvalue weighted by atomic mass is 16.6. The number of phenolic OH excluding ortho intramolecular Hbond substituents is 1. The Hall–Kier alpha value is -1.79. The first-order valence-electron chi connectivity index (χ1n) is 7.30. The van der Waals surface area contributed by atoms with Gasteiger partial charge in [-0.25, -0.2) is 4.79 Å². The number of hydrogen-bond acceptors (Lipinski definition) is 5. The van der Waals surface area contributed by atoms with Gasteiger partial charge in [-0.3, -0.25) is 0 Å². The number of aryl methyl sites for hydroxylation is 1. The van der Waals surface area contributed by atoms with E-state index in [1.165, 1.54) is 6.07 Å². The van der Waals surface area contributed by atoms with Crippen molar-refractivity contribution in [3.05, 3.63) is 29.3 Å². The molecule has 124 valence electrons. The molecule has 1 aromatic rings. The summed E-state index contributed by atoms with van der Waals surface area (Å²) in [5.41, 5.74) is 6.72. The van der Waals surface area contributed by atoms with E-state index in [1.807, 2.05) is 0 Å². The highest BCUT2D eigenvalue weighted by Gasteiger charge is 2.19. The molecule has 1 rings (SSSR count). The third kappa shape index (κ3) is 5.91. The summed E-state index contributed by atoms with van der Waals surface area (Å²) in [5, 5.41) is 22.3. The van der Waals surface area contributed by atoms with Crippen LogP contribution in [0.4, 0.5) is 4.79 Å². The van der Waals surface area contributed by atoms with Crippen LogP contribution in [-0.4, -0.2) is 34.5 Å². The van der Waals surface area contributed by atoms with Gasteiger partial charge in [0.15, 0.2) is 0 Å². The third-order valence-corrected chi connectivity index (χ3v) is 3.11. The number of rotatable bonds is 5. The average molecular weight is 310 g/mol. The van der Waals surface area contributed by atoms with Crippen LogP contribution in [0.15, 0.2) is 18.2 Å². The van der Waals surface area contributed by atoms with Crippen LogP contribution in [0.3, 0.4) is 0 Å². The molecule has 6 nitrogen and oxygen atoms in total. The molecule has 0 aliphatic heterocycles. The molecule has 1 amide bonds. The predicted octanol–water partition coefficient (Wildman–Crippen LogP) is 1.98. The van der Waals surface area contributed by atoms with Gasteiger partial charge >= 0.3 is 6.09 Å². The molecular formula is C16H26N2O4. The largest absolute Gasteiger partial charge is 0.508 e. The first-order chi connectivity index (χ1) is 10.1. The molecule has 0 aromatic heterocycles. The summed E-state index contributed by atoms with van der Waals surface area (Å²) in [5.74, 6) is 0.177. The summed E-state index contributed by atoms with van der Waals surface area (Å²) in [6, 6.07) is 4.33. The van der Waals surface area contributed by atoms with Crippen LogP contribution in [0.1, 0.15) is 44.4 Å². The molecule has 0 aliphatic carbocycles. The zero-order valence-corrected chi connectivity index (χ0v) is 13.6. The van der Waals surface area contributed by atoms with Gasteiger partial charge in [0.05, 0.1) is 6.10 Å². The first-order valence-corrected chi connectivity index (χ1v) is 7.30. The number of amides is 1. The Bertz CT molecular complexity index is 511. The highest BCUT2D eigenvalue weighted by Crippen LogP contribution is 2.23. The van der Waals surface area contributed by atoms with E-state index in [0.717, 1.165) is 0 Å². The van der Waals surface area contributed by atoms with Gasteiger partial charge in [-0.1, -0.05) is 6.07 Å². The van der Waals surface area contributed by atoms with E-state index in [-0.39, 0.29) is 5.75 Å². The maximum Gasteiger partial charge on any atom is 0.407 e. The van der Waals surface area contributed by atoms with Gasteiger partial charge in [0.1, 0.15) is 11.4 Å². The Morgan fingerprint density at radius 3 is 2.59 bits per heavy atom. The number of nitrogens with two attached hydrogens (primary N) is 1. The van der Waals surface area contributed by atoms with Crippen molar-refractivity contribution < 1.29 is 19.7 Å². The smallest absolute Gasteiger partial charge is 0.407 e. The number of ether oxygens (including phenoxy) is 1. The minimum atomic E-state index is -0.861. The minimum Gasteiger partial charge on any atom is -0.508 e. The van der Waals surface area contributed by atoms with Gasteiger partial charge in [-0.2, -0.15) is 0 Å². The van der Waals surface area contributed by atoms with Crippen molar-refractivity contribution in [2.75, 3.05) is 6.54 Å². The summed E-state index contributed by atoms with van der Waals surface area (Å²) in [6.45, 7) is 7.42. The number of phenols is 1. The Kier molecular flexibility index (Phi) is 6.20. The van der Waals surface area contributed by atoms with Crippen molar-refractivity contribution >= 4 is 6.09 Å². The van der Waals surface area contributed by atoms with Gasteiger partial charge in [-0.05, 0) is 57.4 Å². The quantitative estimate of drug-likeness (QED) is 0.665.